The van der Waals surface area contributed by atoms with E-state index in [4.69, 9.17) is 4.42 Å². The highest BCUT2D eigenvalue weighted by Crippen LogP contribution is 2.43. The third kappa shape index (κ3) is 2.38. The Labute approximate surface area is 133 Å². The maximum absolute atomic E-state index is 5.64. The van der Waals surface area contributed by atoms with E-state index in [9.17, 15) is 0 Å². The number of rotatable bonds is 3. The van der Waals surface area contributed by atoms with E-state index in [1.807, 2.05) is 24.3 Å². The van der Waals surface area contributed by atoms with Crippen LogP contribution in [0.3, 0.4) is 0 Å². The van der Waals surface area contributed by atoms with Gasteiger partial charge in [-0.2, -0.15) is 0 Å². The average molecular weight is 302 g/mol. The molecular weight excluding hydrogens is 288 g/mol. The largest absolute Gasteiger partial charge is 0.463 e. The summed E-state index contributed by atoms with van der Waals surface area (Å²) in [5.41, 5.74) is 3.68. The Balaban J connectivity index is 1.91. The summed E-state index contributed by atoms with van der Waals surface area (Å²) in [4.78, 5) is 2.43. The molecule has 0 unspecified atom stereocenters. The lowest BCUT2D eigenvalue weighted by Gasteiger charge is -2.00. The fourth-order valence-electron chi connectivity index (χ4n) is 2.56. The molecule has 2 heterocycles. The van der Waals surface area contributed by atoms with Gasteiger partial charge in [0, 0.05) is 10.4 Å². The summed E-state index contributed by atoms with van der Waals surface area (Å²) in [6, 6.07) is 27.2. The molecule has 0 aliphatic heterocycles. The Bertz CT molecular complexity index is 859. The number of hydrogen-bond acceptors (Lipinski definition) is 2. The van der Waals surface area contributed by atoms with Gasteiger partial charge in [-0.15, -0.1) is 11.3 Å². The molecule has 106 valence electrons. The molecule has 0 aliphatic carbocycles. The first-order chi connectivity index (χ1) is 10.9. The van der Waals surface area contributed by atoms with E-state index in [2.05, 4.69) is 54.6 Å². The molecule has 4 rings (SSSR count). The molecular formula is C20H14OS. The van der Waals surface area contributed by atoms with Gasteiger partial charge in [0.15, 0.2) is 0 Å². The molecule has 2 aromatic heterocycles. The van der Waals surface area contributed by atoms with Crippen molar-refractivity contribution in [1.82, 2.24) is 0 Å². The number of furan rings is 1. The lowest BCUT2D eigenvalue weighted by Crippen LogP contribution is -1.76. The summed E-state index contributed by atoms with van der Waals surface area (Å²) in [6.45, 7) is 0. The SMILES string of the molecule is c1ccc(-c2cc(-c3ccccc3)c(-c3ccco3)s2)cc1. The van der Waals surface area contributed by atoms with Gasteiger partial charge in [-0.25, -0.2) is 0 Å². The van der Waals surface area contributed by atoms with Gasteiger partial charge < -0.3 is 4.42 Å². The fraction of sp³-hybridized carbons (Fsp3) is 0. The van der Waals surface area contributed by atoms with Crippen molar-refractivity contribution in [3.05, 3.63) is 85.1 Å². The van der Waals surface area contributed by atoms with Gasteiger partial charge in [0.05, 0.1) is 11.1 Å². The van der Waals surface area contributed by atoms with Gasteiger partial charge >= 0.3 is 0 Å². The molecule has 1 nitrogen and oxygen atoms in total. The Hall–Kier alpha value is -2.58. The highest BCUT2D eigenvalue weighted by Gasteiger charge is 2.15. The maximum atomic E-state index is 5.64. The molecule has 22 heavy (non-hydrogen) atoms. The Morgan fingerprint density at radius 1 is 0.682 bits per heavy atom. The van der Waals surface area contributed by atoms with E-state index in [0.717, 1.165) is 5.76 Å². The minimum absolute atomic E-state index is 0.922. The second-order valence-corrected chi connectivity index (χ2v) is 6.12. The molecule has 0 amide bonds. The number of benzene rings is 2. The van der Waals surface area contributed by atoms with E-state index >= 15 is 0 Å². The average Bonchev–Trinajstić information content (AvgIpc) is 3.26. The van der Waals surface area contributed by atoms with Crippen molar-refractivity contribution in [3.63, 3.8) is 0 Å². The first-order valence-corrected chi connectivity index (χ1v) is 8.02. The van der Waals surface area contributed by atoms with E-state index < -0.39 is 0 Å². The molecule has 0 saturated carbocycles. The second kappa shape index (κ2) is 5.66. The van der Waals surface area contributed by atoms with Gasteiger partial charge in [-0.3, -0.25) is 0 Å². The van der Waals surface area contributed by atoms with Gasteiger partial charge in [0.1, 0.15) is 5.76 Å². The lowest BCUT2D eigenvalue weighted by atomic mass is 10.0. The lowest BCUT2D eigenvalue weighted by molar-refractivity contribution is 0.584. The maximum Gasteiger partial charge on any atom is 0.144 e. The topological polar surface area (TPSA) is 13.1 Å². The van der Waals surface area contributed by atoms with Crippen molar-refractivity contribution in [1.29, 1.82) is 0 Å². The Morgan fingerprint density at radius 2 is 1.36 bits per heavy atom. The summed E-state index contributed by atoms with van der Waals surface area (Å²) in [6.07, 6.45) is 1.73. The van der Waals surface area contributed by atoms with Crippen LogP contribution in [0.1, 0.15) is 0 Å². The van der Waals surface area contributed by atoms with Crippen LogP contribution in [-0.4, -0.2) is 0 Å². The predicted octanol–water partition coefficient (Wildman–Crippen LogP) is 6.34. The van der Waals surface area contributed by atoms with Crippen LogP contribution in [0.4, 0.5) is 0 Å². The highest BCUT2D eigenvalue weighted by molar-refractivity contribution is 7.19. The number of thiophene rings is 1. The van der Waals surface area contributed by atoms with Crippen LogP contribution in [0.2, 0.25) is 0 Å². The quantitative estimate of drug-likeness (QED) is 0.430. The molecule has 2 aromatic carbocycles. The molecule has 0 bridgehead atoms. The molecule has 0 spiro atoms. The van der Waals surface area contributed by atoms with E-state index in [-0.39, 0.29) is 0 Å². The first-order valence-electron chi connectivity index (χ1n) is 7.20. The Kier molecular flexibility index (Phi) is 3.37. The van der Waals surface area contributed by atoms with Crippen molar-refractivity contribution in [2.75, 3.05) is 0 Å². The van der Waals surface area contributed by atoms with Crippen molar-refractivity contribution in [2.45, 2.75) is 0 Å². The first kappa shape index (κ1) is 13.1. The normalized spacial score (nSPS) is 10.7. The van der Waals surface area contributed by atoms with Gasteiger partial charge in [0.2, 0.25) is 0 Å². The van der Waals surface area contributed by atoms with Gasteiger partial charge in [-0.1, -0.05) is 60.7 Å². The zero-order valence-corrected chi connectivity index (χ0v) is 12.7. The third-order valence-corrected chi connectivity index (χ3v) is 4.82. The van der Waals surface area contributed by atoms with Crippen molar-refractivity contribution in [3.8, 4) is 32.2 Å². The molecule has 2 heteroatoms. The zero-order chi connectivity index (χ0) is 14.8. The minimum atomic E-state index is 0.922. The number of hydrogen-bond donors (Lipinski definition) is 0. The summed E-state index contributed by atoms with van der Waals surface area (Å²) < 4.78 is 5.64. The van der Waals surface area contributed by atoms with Gasteiger partial charge in [-0.05, 0) is 29.3 Å². The summed E-state index contributed by atoms with van der Waals surface area (Å²) >= 11 is 1.77. The highest BCUT2D eigenvalue weighted by atomic mass is 32.1. The standard InChI is InChI=1S/C20H14OS/c1-3-8-15(9-4-1)17-14-19(16-10-5-2-6-11-16)22-20(17)18-12-7-13-21-18/h1-14H. The van der Waals surface area contributed by atoms with Crippen LogP contribution in [0, 0.1) is 0 Å². The van der Waals surface area contributed by atoms with Crippen LogP contribution in [0.15, 0.2) is 89.5 Å². The molecule has 0 radical (unpaired) electrons. The monoisotopic (exact) mass is 302 g/mol. The molecule has 0 fully saturated rings. The minimum Gasteiger partial charge on any atom is -0.463 e. The van der Waals surface area contributed by atoms with E-state index in [1.54, 1.807) is 17.6 Å². The van der Waals surface area contributed by atoms with Crippen molar-refractivity contribution < 1.29 is 4.42 Å². The third-order valence-electron chi connectivity index (χ3n) is 3.62. The van der Waals surface area contributed by atoms with Crippen LogP contribution in [-0.2, 0) is 0 Å². The van der Waals surface area contributed by atoms with Crippen molar-refractivity contribution >= 4 is 11.3 Å². The summed E-state index contributed by atoms with van der Waals surface area (Å²) in [5.74, 6) is 0.922. The van der Waals surface area contributed by atoms with Gasteiger partial charge in [0.25, 0.3) is 0 Å². The smallest absolute Gasteiger partial charge is 0.144 e. The fourth-order valence-corrected chi connectivity index (χ4v) is 3.71. The van der Waals surface area contributed by atoms with E-state index in [1.165, 1.54) is 26.4 Å². The van der Waals surface area contributed by atoms with Crippen molar-refractivity contribution in [2.24, 2.45) is 0 Å². The van der Waals surface area contributed by atoms with E-state index in [0.29, 0.717) is 0 Å². The molecule has 0 aliphatic rings. The second-order valence-electron chi connectivity index (χ2n) is 5.06. The van der Waals surface area contributed by atoms with Crippen LogP contribution in [0.5, 0.6) is 0 Å². The molecule has 0 saturated heterocycles. The van der Waals surface area contributed by atoms with Crippen LogP contribution >= 0.6 is 11.3 Å². The Morgan fingerprint density at radius 3 is 2.00 bits per heavy atom. The van der Waals surface area contributed by atoms with Crippen LogP contribution < -0.4 is 0 Å². The zero-order valence-electron chi connectivity index (χ0n) is 11.9. The summed E-state index contributed by atoms with van der Waals surface area (Å²) in [5, 5.41) is 0. The molecule has 0 N–H and O–H groups in total. The summed E-state index contributed by atoms with van der Waals surface area (Å²) in [7, 11) is 0. The molecule has 0 atom stereocenters. The van der Waals surface area contributed by atoms with Crippen LogP contribution in [0.25, 0.3) is 32.2 Å². The molecule has 4 aromatic rings. The predicted molar refractivity (Wildman–Crippen MR) is 92.9 cm³/mol.